The fourth-order valence-electron chi connectivity index (χ4n) is 5.05. The molecule has 1 aliphatic heterocycles. The first kappa shape index (κ1) is 27.1. The average molecular weight is 547 g/mol. The van der Waals surface area contributed by atoms with E-state index in [-0.39, 0.29) is 13.2 Å². The Labute approximate surface area is 229 Å². The minimum absolute atomic E-state index is 0.00460. The Morgan fingerprint density at radius 1 is 0.872 bits per heavy atom. The summed E-state index contributed by atoms with van der Waals surface area (Å²) in [6.07, 6.45) is -1.31. The van der Waals surface area contributed by atoms with Crippen molar-refractivity contribution in [1.29, 1.82) is 0 Å². The first-order valence-electron chi connectivity index (χ1n) is 12.7. The molecule has 0 spiro atoms. The molecule has 5 rings (SSSR count). The third-order valence-corrected chi connectivity index (χ3v) is 8.16. The zero-order valence-corrected chi connectivity index (χ0v) is 21.9. The van der Waals surface area contributed by atoms with Crippen LogP contribution < -0.4 is 11.2 Å². The summed E-state index contributed by atoms with van der Waals surface area (Å²) in [6, 6.07) is 30.9. The number of aliphatic hydroxyl groups excluding tert-OH is 2. The van der Waals surface area contributed by atoms with E-state index >= 15 is 0 Å². The number of hydrogen-bond donors (Lipinski definition) is 3. The van der Waals surface area contributed by atoms with Gasteiger partial charge in [-0.25, -0.2) is 4.79 Å². The fraction of sp³-hybridized carbons (Fsp3) is 0.267. The van der Waals surface area contributed by atoms with Crippen molar-refractivity contribution in [3.8, 4) is 0 Å². The van der Waals surface area contributed by atoms with Gasteiger partial charge in [0.15, 0.2) is 6.23 Å². The third kappa shape index (κ3) is 5.50. The first-order valence-corrected chi connectivity index (χ1v) is 13.8. The van der Waals surface area contributed by atoms with Crippen LogP contribution in [0.1, 0.15) is 22.9 Å². The summed E-state index contributed by atoms with van der Waals surface area (Å²) in [5.74, 6) is 0.343. The number of aliphatic hydroxyl groups is 2. The van der Waals surface area contributed by atoms with Crippen LogP contribution in [0.5, 0.6) is 0 Å². The first-order chi connectivity index (χ1) is 19.0. The van der Waals surface area contributed by atoms with Gasteiger partial charge in [0.2, 0.25) is 0 Å². The molecule has 3 N–H and O–H groups in total. The molecule has 1 aliphatic rings. The normalized spacial score (nSPS) is 21.2. The predicted octanol–water partition coefficient (Wildman–Crippen LogP) is 2.90. The Morgan fingerprint density at radius 3 is 1.90 bits per heavy atom. The Hall–Kier alpha value is -3.47. The summed E-state index contributed by atoms with van der Waals surface area (Å²) in [4.78, 5) is 26.5. The zero-order valence-electron chi connectivity index (χ0n) is 21.1. The Morgan fingerprint density at radius 2 is 1.41 bits per heavy atom. The largest absolute Gasteiger partial charge is 0.396 e. The topological polar surface area (TPSA) is 114 Å². The van der Waals surface area contributed by atoms with Gasteiger partial charge in [-0.3, -0.25) is 14.3 Å². The molecule has 0 saturated carbocycles. The van der Waals surface area contributed by atoms with E-state index in [1.165, 1.54) is 28.6 Å². The van der Waals surface area contributed by atoms with E-state index in [0.29, 0.717) is 5.75 Å². The molecule has 202 valence electrons. The Balaban J connectivity index is 1.53. The minimum atomic E-state index is -1.01. The highest BCUT2D eigenvalue weighted by molar-refractivity contribution is 8.00. The van der Waals surface area contributed by atoms with Crippen LogP contribution in [-0.2, 0) is 15.1 Å². The van der Waals surface area contributed by atoms with E-state index in [9.17, 15) is 19.8 Å². The molecule has 0 aliphatic carbocycles. The predicted molar refractivity (Wildman–Crippen MR) is 150 cm³/mol. The minimum Gasteiger partial charge on any atom is -0.396 e. The summed E-state index contributed by atoms with van der Waals surface area (Å²) in [5.41, 5.74) is 0.571. The maximum atomic E-state index is 12.6. The lowest BCUT2D eigenvalue weighted by Crippen LogP contribution is -2.39. The molecular weight excluding hydrogens is 516 g/mol. The van der Waals surface area contributed by atoms with Crippen molar-refractivity contribution in [1.82, 2.24) is 9.55 Å². The smallest absolute Gasteiger partial charge is 0.330 e. The third-order valence-electron chi connectivity index (χ3n) is 6.84. The van der Waals surface area contributed by atoms with Crippen molar-refractivity contribution < 1.29 is 19.7 Å². The highest BCUT2D eigenvalue weighted by atomic mass is 32.2. The van der Waals surface area contributed by atoms with Crippen LogP contribution in [0, 0.1) is 0 Å². The molecule has 4 aromatic rings. The zero-order chi connectivity index (χ0) is 27.2. The van der Waals surface area contributed by atoms with Crippen LogP contribution in [0.15, 0.2) is 113 Å². The number of benzene rings is 3. The second kappa shape index (κ2) is 12.1. The van der Waals surface area contributed by atoms with Crippen LogP contribution in [0.3, 0.4) is 0 Å². The summed E-state index contributed by atoms with van der Waals surface area (Å²) in [5, 5.41) is 20.2. The van der Waals surface area contributed by atoms with Gasteiger partial charge >= 0.3 is 5.69 Å². The summed E-state index contributed by atoms with van der Waals surface area (Å²) in [6.45, 7) is -0.0912. The van der Waals surface area contributed by atoms with Gasteiger partial charge in [0.25, 0.3) is 5.56 Å². The van der Waals surface area contributed by atoms with Crippen LogP contribution in [0.2, 0.25) is 0 Å². The maximum Gasteiger partial charge on any atom is 0.330 e. The van der Waals surface area contributed by atoms with Crippen molar-refractivity contribution in [2.45, 2.75) is 29.3 Å². The van der Waals surface area contributed by atoms with E-state index in [1.807, 2.05) is 91.0 Å². The number of nitrogens with one attached hydrogen (secondary N) is 1. The van der Waals surface area contributed by atoms with Gasteiger partial charge in [-0.1, -0.05) is 91.0 Å². The maximum absolute atomic E-state index is 12.6. The van der Waals surface area contributed by atoms with Crippen LogP contribution in [0.25, 0.3) is 0 Å². The molecule has 2 heterocycles. The van der Waals surface area contributed by atoms with Crippen LogP contribution in [0.4, 0.5) is 0 Å². The van der Waals surface area contributed by atoms with Gasteiger partial charge in [0.05, 0.1) is 24.6 Å². The number of H-pyrrole nitrogens is 1. The Kier molecular flexibility index (Phi) is 8.44. The fourth-order valence-corrected chi connectivity index (χ4v) is 6.16. The van der Waals surface area contributed by atoms with Crippen LogP contribution >= 0.6 is 11.8 Å². The number of hydrogen-bond acceptors (Lipinski definition) is 7. The van der Waals surface area contributed by atoms with Gasteiger partial charge in [-0.05, 0) is 16.7 Å². The molecule has 1 fully saturated rings. The number of nitrogens with zero attached hydrogens (tertiary/aromatic N) is 1. The van der Waals surface area contributed by atoms with Crippen molar-refractivity contribution in [3.05, 3.63) is 141 Å². The van der Waals surface area contributed by atoms with Gasteiger partial charge < -0.3 is 19.7 Å². The molecular formula is C30H30N2O6S. The molecule has 0 unspecified atom stereocenters. The number of rotatable bonds is 10. The van der Waals surface area contributed by atoms with E-state index in [4.69, 9.17) is 9.47 Å². The van der Waals surface area contributed by atoms with E-state index in [2.05, 4.69) is 4.98 Å². The molecule has 39 heavy (non-hydrogen) atoms. The standard InChI is InChI=1S/C30H30N2O6S/c33-18-19-39-27-26(35)24(38-28(27)32-17-16-25(34)31-29(32)36)20-37-30(21-10-4-1-5-11-21,22-12-6-2-7-13-22)23-14-8-3-9-15-23/h1-17,24,26-28,33,35H,18-20H2,(H,31,34,36)/t24-,26+,27-,28-/m1/s1. The quantitative estimate of drug-likeness (QED) is 0.262. The molecule has 0 amide bonds. The summed E-state index contributed by atoms with van der Waals surface area (Å²) in [7, 11) is 0. The highest BCUT2D eigenvalue weighted by Crippen LogP contribution is 2.43. The van der Waals surface area contributed by atoms with Crippen molar-refractivity contribution in [3.63, 3.8) is 0 Å². The lowest BCUT2D eigenvalue weighted by atomic mass is 9.80. The lowest BCUT2D eigenvalue weighted by Gasteiger charge is -2.37. The van der Waals surface area contributed by atoms with E-state index in [1.54, 1.807) is 0 Å². The molecule has 3 aromatic carbocycles. The number of thioether (sulfide) groups is 1. The second-order valence-corrected chi connectivity index (χ2v) is 10.5. The molecule has 8 nitrogen and oxygen atoms in total. The van der Waals surface area contributed by atoms with E-state index < -0.39 is 40.5 Å². The summed E-state index contributed by atoms with van der Waals surface area (Å²) >= 11 is 1.30. The monoisotopic (exact) mass is 546 g/mol. The van der Waals surface area contributed by atoms with Gasteiger partial charge in [-0.15, -0.1) is 11.8 Å². The lowest BCUT2D eigenvalue weighted by molar-refractivity contribution is -0.0943. The van der Waals surface area contributed by atoms with Crippen molar-refractivity contribution >= 4 is 11.8 Å². The number of ether oxygens (including phenoxy) is 2. The molecule has 9 heteroatoms. The van der Waals surface area contributed by atoms with Crippen molar-refractivity contribution in [2.24, 2.45) is 0 Å². The van der Waals surface area contributed by atoms with Crippen molar-refractivity contribution in [2.75, 3.05) is 19.0 Å². The number of aromatic nitrogens is 2. The molecule has 1 saturated heterocycles. The molecule has 4 atom stereocenters. The SMILES string of the molecule is O=c1ccn([C@@H]2O[C@H](COC(c3ccccc3)(c3ccccc3)c3ccccc3)[C@H](O)[C@H]2SCCO)c(=O)[nH]1. The molecule has 0 bridgehead atoms. The summed E-state index contributed by atoms with van der Waals surface area (Å²) < 4.78 is 14.4. The van der Waals surface area contributed by atoms with E-state index in [0.717, 1.165) is 16.7 Å². The van der Waals surface area contributed by atoms with Crippen LogP contribution in [-0.4, -0.2) is 56.2 Å². The highest BCUT2D eigenvalue weighted by Gasteiger charge is 2.47. The second-order valence-electron chi connectivity index (χ2n) is 9.22. The average Bonchev–Trinajstić information content (AvgIpc) is 3.28. The number of aromatic amines is 1. The van der Waals surface area contributed by atoms with Gasteiger partial charge in [-0.2, -0.15) is 0 Å². The van der Waals surface area contributed by atoms with Gasteiger partial charge in [0, 0.05) is 18.0 Å². The Bertz CT molecular complexity index is 1360. The van der Waals surface area contributed by atoms with Gasteiger partial charge in [0.1, 0.15) is 11.7 Å². The molecule has 0 radical (unpaired) electrons. The molecule has 1 aromatic heterocycles.